The van der Waals surface area contributed by atoms with Crippen LogP contribution in [0.4, 0.5) is 0 Å². The molecule has 1 amide bonds. The summed E-state index contributed by atoms with van der Waals surface area (Å²) in [6, 6.07) is 16.3. The van der Waals surface area contributed by atoms with Gasteiger partial charge in [-0.2, -0.15) is 5.10 Å². The summed E-state index contributed by atoms with van der Waals surface area (Å²) in [6.45, 7) is 2.68. The summed E-state index contributed by atoms with van der Waals surface area (Å²) in [4.78, 5) is 12.1. The van der Waals surface area contributed by atoms with Gasteiger partial charge >= 0.3 is 0 Å². The van der Waals surface area contributed by atoms with Crippen molar-refractivity contribution < 1.29 is 24.5 Å². The van der Waals surface area contributed by atoms with Gasteiger partial charge in [-0.3, -0.25) is 4.79 Å². The van der Waals surface area contributed by atoms with E-state index in [0.29, 0.717) is 35.3 Å². The number of rotatable bonds is 8. The molecule has 0 fully saturated rings. The number of nitrogens with zero attached hydrogens (tertiary/aromatic N) is 1. The van der Waals surface area contributed by atoms with Crippen molar-refractivity contribution in [2.45, 2.75) is 13.5 Å². The number of carbonyl (C=O) groups excluding carboxylic acids is 1. The molecule has 31 heavy (non-hydrogen) atoms. The molecule has 0 aliphatic rings. The lowest BCUT2D eigenvalue weighted by molar-refractivity contribution is 0.0952. The molecular weight excluding hydrogens is 420 g/mol. The topological polar surface area (TPSA) is 100 Å². The largest absolute Gasteiger partial charge is 0.508 e. The number of nitrogens with one attached hydrogen (secondary N) is 1. The molecule has 3 rings (SSSR count). The summed E-state index contributed by atoms with van der Waals surface area (Å²) in [6.07, 6.45) is 1.45. The zero-order chi connectivity index (χ0) is 22.2. The Morgan fingerprint density at radius 2 is 1.81 bits per heavy atom. The number of hydrazone groups is 1. The van der Waals surface area contributed by atoms with Gasteiger partial charge in [0.05, 0.1) is 18.4 Å². The standard InChI is InChI=1S/C23H21ClN2O5/c1-2-30-22-11-16(5-10-21(22)31-14-15-3-6-17(24)7-4-15)13-25-26-23(29)19-9-8-18(27)12-20(19)28/h3-13,27-28H,2,14H2,1H3,(H,26,29)/b25-13-. The normalized spacial score (nSPS) is 10.8. The van der Waals surface area contributed by atoms with Gasteiger partial charge < -0.3 is 19.7 Å². The van der Waals surface area contributed by atoms with Crippen molar-refractivity contribution in [3.05, 3.63) is 82.4 Å². The van der Waals surface area contributed by atoms with Gasteiger partial charge in [-0.1, -0.05) is 23.7 Å². The fourth-order valence-electron chi connectivity index (χ4n) is 2.67. The molecule has 160 valence electrons. The Hall–Kier alpha value is -3.71. The first kappa shape index (κ1) is 22.0. The van der Waals surface area contributed by atoms with Crippen molar-refractivity contribution in [3.8, 4) is 23.0 Å². The Kier molecular flexibility index (Phi) is 7.35. The van der Waals surface area contributed by atoms with Crippen molar-refractivity contribution in [1.82, 2.24) is 5.43 Å². The molecule has 0 bridgehead atoms. The molecule has 0 atom stereocenters. The van der Waals surface area contributed by atoms with Gasteiger partial charge in [-0.05, 0) is 60.5 Å². The van der Waals surface area contributed by atoms with Gasteiger partial charge in [-0.25, -0.2) is 5.43 Å². The van der Waals surface area contributed by atoms with Crippen molar-refractivity contribution in [2.24, 2.45) is 5.10 Å². The fourth-order valence-corrected chi connectivity index (χ4v) is 2.80. The van der Waals surface area contributed by atoms with Crippen LogP contribution in [0.25, 0.3) is 0 Å². The molecule has 0 saturated heterocycles. The highest BCUT2D eigenvalue weighted by Crippen LogP contribution is 2.29. The van der Waals surface area contributed by atoms with Gasteiger partial charge in [0.2, 0.25) is 0 Å². The number of amides is 1. The fraction of sp³-hybridized carbons (Fsp3) is 0.130. The molecule has 3 aromatic rings. The predicted octanol–water partition coefficient (Wildman–Crippen LogP) is 4.49. The van der Waals surface area contributed by atoms with Gasteiger partial charge in [0.25, 0.3) is 5.91 Å². The van der Waals surface area contributed by atoms with E-state index in [1.807, 2.05) is 19.1 Å². The maximum atomic E-state index is 12.1. The van der Waals surface area contributed by atoms with Crippen LogP contribution in [0.15, 0.2) is 65.8 Å². The zero-order valence-electron chi connectivity index (χ0n) is 16.7. The van der Waals surface area contributed by atoms with E-state index in [-0.39, 0.29) is 17.1 Å². The maximum Gasteiger partial charge on any atom is 0.275 e. The molecule has 8 heteroatoms. The lowest BCUT2D eigenvalue weighted by Gasteiger charge is -2.12. The molecule has 0 aliphatic carbocycles. The minimum Gasteiger partial charge on any atom is -0.508 e. The Labute approximate surface area is 184 Å². The number of phenols is 2. The molecule has 7 nitrogen and oxygen atoms in total. The lowest BCUT2D eigenvalue weighted by Crippen LogP contribution is -2.17. The Morgan fingerprint density at radius 3 is 2.52 bits per heavy atom. The van der Waals surface area contributed by atoms with E-state index in [1.54, 1.807) is 30.3 Å². The molecule has 3 aromatic carbocycles. The SMILES string of the molecule is CCOc1cc(/C=N\NC(=O)c2ccc(O)cc2O)ccc1OCc1ccc(Cl)cc1. The molecular formula is C23H21ClN2O5. The number of phenolic OH excluding ortho intramolecular Hbond substituents is 2. The average Bonchev–Trinajstić information content (AvgIpc) is 2.74. The van der Waals surface area contributed by atoms with E-state index in [4.69, 9.17) is 21.1 Å². The third-order valence-electron chi connectivity index (χ3n) is 4.18. The van der Waals surface area contributed by atoms with Crippen LogP contribution in [-0.4, -0.2) is 28.9 Å². The summed E-state index contributed by atoms with van der Waals surface area (Å²) in [7, 11) is 0. The van der Waals surface area contributed by atoms with Crippen LogP contribution in [-0.2, 0) is 6.61 Å². The van der Waals surface area contributed by atoms with Crippen molar-refractivity contribution in [3.63, 3.8) is 0 Å². The van der Waals surface area contributed by atoms with Crippen LogP contribution in [0.5, 0.6) is 23.0 Å². The van der Waals surface area contributed by atoms with E-state index in [9.17, 15) is 15.0 Å². The first-order chi connectivity index (χ1) is 15.0. The molecule has 0 heterocycles. The molecule has 3 N–H and O–H groups in total. The first-order valence-corrected chi connectivity index (χ1v) is 9.83. The third kappa shape index (κ3) is 6.13. The average molecular weight is 441 g/mol. The second-order valence-corrected chi connectivity index (χ2v) is 6.89. The van der Waals surface area contributed by atoms with Crippen LogP contribution in [0.3, 0.4) is 0 Å². The number of hydrogen-bond acceptors (Lipinski definition) is 6. The van der Waals surface area contributed by atoms with E-state index in [1.165, 1.54) is 18.3 Å². The molecule has 0 aliphatic heterocycles. The highest BCUT2D eigenvalue weighted by molar-refractivity contribution is 6.30. The summed E-state index contributed by atoms with van der Waals surface area (Å²) in [5.74, 6) is 0.0320. The summed E-state index contributed by atoms with van der Waals surface area (Å²) >= 11 is 5.90. The van der Waals surface area contributed by atoms with E-state index >= 15 is 0 Å². The van der Waals surface area contributed by atoms with Crippen LogP contribution in [0.2, 0.25) is 5.02 Å². The van der Waals surface area contributed by atoms with Gasteiger partial charge in [0, 0.05) is 11.1 Å². The number of carbonyl (C=O) groups is 1. The third-order valence-corrected chi connectivity index (χ3v) is 4.43. The van der Waals surface area contributed by atoms with Crippen LogP contribution in [0, 0.1) is 0 Å². The number of aromatic hydroxyl groups is 2. The smallest absolute Gasteiger partial charge is 0.275 e. The highest BCUT2D eigenvalue weighted by Gasteiger charge is 2.11. The Morgan fingerprint density at radius 1 is 1.03 bits per heavy atom. The van der Waals surface area contributed by atoms with Crippen molar-refractivity contribution in [1.29, 1.82) is 0 Å². The summed E-state index contributed by atoms with van der Waals surface area (Å²) in [5.41, 5.74) is 3.98. The molecule has 0 radical (unpaired) electrons. The molecule has 0 spiro atoms. The maximum absolute atomic E-state index is 12.1. The van der Waals surface area contributed by atoms with E-state index in [0.717, 1.165) is 11.6 Å². The van der Waals surface area contributed by atoms with E-state index in [2.05, 4.69) is 10.5 Å². The van der Waals surface area contributed by atoms with E-state index < -0.39 is 5.91 Å². The summed E-state index contributed by atoms with van der Waals surface area (Å²) < 4.78 is 11.5. The first-order valence-electron chi connectivity index (χ1n) is 9.45. The van der Waals surface area contributed by atoms with Crippen LogP contribution in [0.1, 0.15) is 28.4 Å². The highest BCUT2D eigenvalue weighted by atomic mass is 35.5. The lowest BCUT2D eigenvalue weighted by atomic mass is 10.2. The predicted molar refractivity (Wildman–Crippen MR) is 118 cm³/mol. The van der Waals surface area contributed by atoms with Crippen molar-refractivity contribution >= 4 is 23.7 Å². The minimum absolute atomic E-state index is 0.00379. The van der Waals surface area contributed by atoms with Crippen LogP contribution < -0.4 is 14.9 Å². The van der Waals surface area contributed by atoms with Crippen molar-refractivity contribution in [2.75, 3.05) is 6.61 Å². The monoisotopic (exact) mass is 440 g/mol. The van der Waals surface area contributed by atoms with Gasteiger partial charge in [0.15, 0.2) is 11.5 Å². The van der Waals surface area contributed by atoms with Gasteiger partial charge in [-0.15, -0.1) is 0 Å². The number of halogens is 1. The number of hydrogen-bond donors (Lipinski definition) is 3. The number of benzene rings is 3. The van der Waals surface area contributed by atoms with Gasteiger partial charge in [0.1, 0.15) is 18.1 Å². The second-order valence-electron chi connectivity index (χ2n) is 6.45. The molecule has 0 aromatic heterocycles. The molecule has 0 unspecified atom stereocenters. The number of ether oxygens (including phenoxy) is 2. The quantitative estimate of drug-likeness (QED) is 0.354. The Bertz CT molecular complexity index is 1080. The molecule has 0 saturated carbocycles. The zero-order valence-corrected chi connectivity index (χ0v) is 17.5. The second kappa shape index (κ2) is 10.4. The van der Waals surface area contributed by atoms with Crippen LogP contribution >= 0.6 is 11.6 Å². The Balaban J connectivity index is 1.66. The minimum atomic E-state index is -0.610. The summed E-state index contributed by atoms with van der Waals surface area (Å²) in [5, 5.41) is 23.6.